The second-order valence-corrected chi connectivity index (χ2v) is 6.23. The number of aromatic nitrogens is 2. The molecule has 0 spiro atoms. The third-order valence-corrected chi connectivity index (χ3v) is 4.12. The number of rotatable bonds is 5. The van der Waals surface area contributed by atoms with Crippen molar-refractivity contribution in [2.24, 2.45) is 18.7 Å². The Hall–Kier alpha value is -1.56. The van der Waals surface area contributed by atoms with Crippen LogP contribution in [-0.4, -0.2) is 34.8 Å². The first-order valence-corrected chi connectivity index (χ1v) is 7.70. The summed E-state index contributed by atoms with van der Waals surface area (Å²) in [6.45, 7) is 8.76. The van der Waals surface area contributed by atoms with Crippen LogP contribution in [0.4, 0.5) is 5.82 Å². The minimum atomic E-state index is -0.194. The van der Waals surface area contributed by atoms with Crippen molar-refractivity contribution in [3.8, 4) is 0 Å². The summed E-state index contributed by atoms with van der Waals surface area (Å²) in [5.74, 6) is 0.868. The molecule has 6 heteroatoms. The number of hydrogen-bond donors (Lipinski definition) is 2. The monoisotopic (exact) mass is 293 g/mol. The predicted molar refractivity (Wildman–Crippen MR) is 84.1 cm³/mol. The van der Waals surface area contributed by atoms with E-state index in [0.29, 0.717) is 12.6 Å². The van der Waals surface area contributed by atoms with Gasteiger partial charge in [-0.2, -0.15) is 5.10 Å². The van der Waals surface area contributed by atoms with Crippen LogP contribution in [0.5, 0.6) is 0 Å². The molecule has 1 aromatic rings. The summed E-state index contributed by atoms with van der Waals surface area (Å²) in [4.78, 5) is 13.7. The lowest BCUT2D eigenvalue weighted by Crippen LogP contribution is -2.42. The number of anilines is 1. The van der Waals surface area contributed by atoms with Crippen LogP contribution in [0.2, 0.25) is 0 Å². The zero-order chi connectivity index (χ0) is 15.6. The lowest BCUT2D eigenvalue weighted by molar-refractivity contribution is -0.122. The third-order valence-electron chi connectivity index (χ3n) is 4.12. The Balaban J connectivity index is 2.23. The van der Waals surface area contributed by atoms with Crippen LogP contribution in [0, 0.1) is 12.8 Å². The van der Waals surface area contributed by atoms with E-state index >= 15 is 0 Å². The van der Waals surface area contributed by atoms with Crippen LogP contribution in [0.1, 0.15) is 37.9 Å². The van der Waals surface area contributed by atoms with E-state index in [9.17, 15) is 4.79 Å². The van der Waals surface area contributed by atoms with Crippen LogP contribution in [0.15, 0.2) is 0 Å². The molecule has 1 aromatic heterocycles. The zero-order valence-electron chi connectivity index (χ0n) is 13.5. The Bertz CT molecular complexity index is 508. The van der Waals surface area contributed by atoms with Gasteiger partial charge in [0.2, 0.25) is 5.91 Å². The van der Waals surface area contributed by atoms with E-state index in [1.165, 1.54) is 5.56 Å². The molecule has 2 heterocycles. The summed E-state index contributed by atoms with van der Waals surface area (Å²) in [5, 5.41) is 8.01. The fraction of sp³-hybridized carbons (Fsp3) is 0.733. The van der Waals surface area contributed by atoms with Crippen molar-refractivity contribution in [2.45, 2.75) is 46.2 Å². The minimum Gasteiger partial charge on any atom is -0.369 e. The number of nitrogens with zero attached hydrogens (tertiary/aromatic N) is 3. The Labute approximate surface area is 126 Å². The van der Waals surface area contributed by atoms with Crippen molar-refractivity contribution >= 4 is 11.7 Å². The number of amides is 1. The van der Waals surface area contributed by atoms with Gasteiger partial charge in [0.05, 0.1) is 11.6 Å². The number of aryl methyl sites for hydroxylation is 2. The normalized spacial score (nSPS) is 19.3. The first kappa shape index (κ1) is 15.8. The minimum absolute atomic E-state index is 0.0557. The van der Waals surface area contributed by atoms with E-state index in [4.69, 9.17) is 5.73 Å². The summed E-state index contributed by atoms with van der Waals surface area (Å²) in [6, 6.07) is 0.428. The maximum atomic E-state index is 11.5. The predicted octanol–water partition coefficient (Wildman–Crippen LogP) is 0.928. The number of nitrogens with two attached hydrogens (primary N) is 1. The fourth-order valence-electron chi connectivity index (χ4n) is 3.00. The van der Waals surface area contributed by atoms with Gasteiger partial charge < -0.3 is 16.0 Å². The molecule has 1 fully saturated rings. The molecular weight excluding hydrogens is 266 g/mol. The van der Waals surface area contributed by atoms with Gasteiger partial charge in [0.15, 0.2) is 0 Å². The molecule has 118 valence electrons. The van der Waals surface area contributed by atoms with E-state index in [2.05, 4.69) is 29.2 Å². The topological polar surface area (TPSA) is 76.2 Å². The first-order valence-electron chi connectivity index (χ1n) is 7.70. The van der Waals surface area contributed by atoms with Gasteiger partial charge in [0.1, 0.15) is 5.82 Å². The van der Waals surface area contributed by atoms with Crippen LogP contribution in [-0.2, 0) is 18.4 Å². The van der Waals surface area contributed by atoms with Gasteiger partial charge in [-0.1, -0.05) is 13.8 Å². The highest BCUT2D eigenvalue weighted by atomic mass is 16.1. The largest absolute Gasteiger partial charge is 0.369 e. The van der Waals surface area contributed by atoms with E-state index in [1.54, 1.807) is 0 Å². The van der Waals surface area contributed by atoms with Crippen molar-refractivity contribution < 1.29 is 4.79 Å². The first-order chi connectivity index (χ1) is 9.90. The van der Waals surface area contributed by atoms with Gasteiger partial charge >= 0.3 is 0 Å². The van der Waals surface area contributed by atoms with Crippen LogP contribution < -0.4 is 16.0 Å². The molecule has 1 aliphatic rings. The lowest BCUT2D eigenvalue weighted by Gasteiger charge is -2.33. The van der Waals surface area contributed by atoms with Crippen molar-refractivity contribution in [1.82, 2.24) is 15.1 Å². The zero-order valence-corrected chi connectivity index (χ0v) is 13.5. The maximum absolute atomic E-state index is 11.5. The van der Waals surface area contributed by atoms with Crippen LogP contribution in [0.25, 0.3) is 0 Å². The van der Waals surface area contributed by atoms with Crippen LogP contribution >= 0.6 is 0 Å². The van der Waals surface area contributed by atoms with E-state index in [-0.39, 0.29) is 11.8 Å². The summed E-state index contributed by atoms with van der Waals surface area (Å²) in [6.07, 6.45) is 1.89. The number of piperidine rings is 1. The molecule has 0 radical (unpaired) electrons. The highest BCUT2D eigenvalue weighted by Crippen LogP contribution is 2.28. The van der Waals surface area contributed by atoms with Crippen LogP contribution in [0.3, 0.4) is 0 Å². The van der Waals surface area contributed by atoms with Gasteiger partial charge in [-0.25, -0.2) is 0 Å². The Kier molecular flexibility index (Phi) is 4.88. The van der Waals surface area contributed by atoms with Crippen molar-refractivity contribution in [1.29, 1.82) is 0 Å². The van der Waals surface area contributed by atoms with E-state index < -0.39 is 0 Å². The van der Waals surface area contributed by atoms with E-state index in [1.807, 2.05) is 18.7 Å². The molecule has 2 rings (SSSR count). The molecule has 0 aliphatic carbocycles. The molecule has 21 heavy (non-hydrogen) atoms. The Morgan fingerprint density at radius 2 is 2.24 bits per heavy atom. The Morgan fingerprint density at radius 1 is 1.52 bits per heavy atom. The molecule has 1 saturated heterocycles. The summed E-state index contributed by atoms with van der Waals surface area (Å²) < 4.78 is 1.93. The summed E-state index contributed by atoms with van der Waals surface area (Å²) in [7, 11) is 1.97. The second-order valence-electron chi connectivity index (χ2n) is 6.23. The van der Waals surface area contributed by atoms with Gasteiger partial charge in [-0.3, -0.25) is 9.48 Å². The molecule has 3 N–H and O–H groups in total. The average molecular weight is 293 g/mol. The fourth-order valence-corrected chi connectivity index (χ4v) is 3.00. The molecule has 0 bridgehead atoms. The third kappa shape index (κ3) is 3.56. The molecule has 0 saturated carbocycles. The maximum Gasteiger partial charge on any atom is 0.222 e. The summed E-state index contributed by atoms with van der Waals surface area (Å²) in [5.41, 5.74) is 7.75. The molecule has 0 aromatic carbocycles. The lowest BCUT2D eigenvalue weighted by atomic mass is 9.97. The number of carbonyl (C=O) groups is 1. The average Bonchev–Trinajstić information content (AvgIpc) is 2.70. The molecule has 1 unspecified atom stereocenters. The van der Waals surface area contributed by atoms with E-state index in [0.717, 1.165) is 37.4 Å². The smallest absolute Gasteiger partial charge is 0.222 e. The highest BCUT2D eigenvalue weighted by Gasteiger charge is 2.28. The van der Waals surface area contributed by atoms with Gasteiger partial charge in [-0.15, -0.1) is 0 Å². The van der Waals surface area contributed by atoms with Gasteiger partial charge in [0, 0.05) is 38.3 Å². The van der Waals surface area contributed by atoms with Crippen molar-refractivity contribution in [3.63, 3.8) is 0 Å². The standard InChI is InChI=1S/C15H27N5O/c1-10(2)17-8-13-11(3)18-19(4)15(13)20-7-5-6-12(9-20)14(16)21/h10,12,17H,5-9H2,1-4H3,(H2,16,21). The highest BCUT2D eigenvalue weighted by molar-refractivity contribution is 5.77. The molecule has 1 amide bonds. The molecule has 1 atom stereocenters. The number of carbonyl (C=O) groups excluding carboxylic acids is 1. The van der Waals surface area contributed by atoms with Crippen molar-refractivity contribution in [2.75, 3.05) is 18.0 Å². The SMILES string of the molecule is Cc1nn(C)c(N2CCCC(C(N)=O)C2)c1CNC(C)C. The number of primary amides is 1. The quantitative estimate of drug-likeness (QED) is 0.847. The Morgan fingerprint density at radius 3 is 2.86 bits per heavy atom. The molecular formula is C15H27N5O. The number of nitrogens with one attached hydrogen (secondary N) is 1. The van der Waals surface area contributed by atoms with Gasteiger partial charge in [-0.05, 0) is 19.8 Å². The molecule has 6 nitrogen and oxygen atoms in total. The van der Waals surface area contributed by atoms with Gasteiger partial charge in [0.25, 0.3) is 0 Å². The second kappa shape index (κ2) is 6.47. The van der Waals surface area contributed by atoms with Crippen molar-refractivity contribution in [3.05, 3.63) is 11.3 Å². The summed E-state index contributed by atoms with van der Waals surface area (Å²) >= 11 is 0. The number of hydrogen-bond acceptors (Lipinski definition) is 4. The molecule has 1 aliphatic heterocycles.